The van der Waals surface area contributed by atoms with Crippen LogP contribution in [0.2, 0.25) is 0 Å². The number of hydrogen-bond donors (Lipinski definition) is 1. The van der Waals surface area contributed by atoms with Crippen molar-refractivity contribution >= 4 is 47.2 Å². The standard InChI is InChI=1S/C18H29N5O2S.HI/c1-3-16-21-15(13-26-16)12-20-18(19-2)23-6-4-14(5-7-23)17(24)22-8-10-25-11-9-22;/h13-14H,3-12H2,1-2H3,(H,19,20);1H. The van der Waals surface area contributed by atoms with Crippen molar-refractivity contribution in [2.45, 2.75) is 32.7 Å². The largest absolute Gasteiger partial charge is 0.378 e. The first-order valence-electron chi connectivity index (χ1n) is 9.46. The Morgan fingerprint density at radius 3 is 2.59 bits per heavy atom. The molecule has 27 heavy (non-hydrogen) atoms. The lowest BCUT2D eigenvalue weighted by atomic mass is 9.95. The van der Waals surface area contributed by atoms with Crippen molar-refractivity contribution in [3.05, 3.63) is 16.1 Å². The SMILES string of the molecule is CCc1nc(CNC(=NC)N2CCC(C(=O)N3CCOCC3)CC2)cs1.I. The molecule has 3 rings (SSSR count). The van der Waals surface area contributed by atoms with Crippen molar-refractivity contribution in [2.75, 3.05) is 46.4 Å². The first kappa shape index (κ1) is 22.4. The van der Waals surface area contributed by atoms with Gasteiger partial charge in [0.15, 0.2) is 5.96 Å². The van der Waals surface area contributed by atoms with Crippen LogP contribution in [0, 0.1) is 5.92 Å². The molecule has 7 nitrogen and oxygen atoms in total. The van der Waals surface area contributed by atoms with E-state index in [0.29, 0.717) is 25.7 Å². The highest BCUT2D eigenvalue weighted by molar-refractivity contribution is 14.0. The summed E-state index contributed by atoms with van der Waals surface area (Å²) in [6, 6.07) is 0. The minimum absolute atomic E-state index is 0. The molecular weight excluding hydrogens is 477 g/mol. The number of ether oxygens (including phenoxy) is 1. The van der Waals surface area contributed by atoms with Gasteiger partial charge in [0.2, 0.25) is 5.91 Å². The Kier molecular flexibility index (Phi) is 9.24. The zero-order valence-electron chi connectivity index (χ0n) is 16.1. The molecular formula is C18H30IN5O2S. The molecule has 0 saturated carbocycles. The van der Waals surface area contributed by atoms with Gasteiger partial charge >= 0.3 is 0 Å². The molecule has 0 atom stereocenters. The Morgan fingerprint density at radius 1 is 1.30 bits per heavy atom. The van der Waals surface area contributed by atoms with Gasteiger partial charge in [-0.1, -0.05) is 6.92 Å². The fourth-order valence-corrected chi connectivity index (χ4v) is 4.22. The highest BCUT2D eigenvalue weighted by Gasteiger charge is 2.30. The molecule has 2 aliphatic rings. The number of amides is 1. The predicted octanol–water partition coefficient (Wildman–Crippen LogP) is 1.97. The van der Waals surface area contributed by atoms with Gasteiger partial charge in [0.25, 0.3) is 0 Å². The third kappa shape index (κ3) is 6.02. The lowest BCUT2D eigenvalue weighted by molar-refractivity contribution is -0.140. The Hall–Kier alpha value is -0.940. The summed E-state index contributed by atoms with van der Waals surface area (Å²) >= 11 is 1.71. The van der Waals surface area contributed by atoms with E-state index in [1.54, 1.807) is 11.3 Å². The number of aromatic nitrogens is 1. The summed E-state index contributed by atoms with van der Waals surface area (Å²) in [7, 11) is 1.81. The number of carbonyl (C=O) groups is 1. The molecule has 152 valence electrons. The fourth-order valence-electron chi connectivity index (χ4n) is 3.47. The number of piperidine rings is 1. The van der Waals surface area contributed by atoms with Gasteiger partial charge in [-0.25, -0.2) is 4.98 Å². The van der Waals surface area contributed by atoms with Crippen LogP contribution in [0.3, 0.4) is 0 Å². The van der Waals surface area contributed by atoms with Crippen LogP contribution in [0.1, 0.15) is 30.5 Å². The smallest absolute Gasteiger partial charge is 0.225 e. The second-order valence-electron chi connectivity index (χ2n) is 6.69. The van der Waals surface area contributed by atoms with Crippen LogP contribution in [0.25, 0.3) is 0 Å². The van der Waals surface area contributed by atoms with Crippen molar-refractivity contribution in [3.63, 3.8) is 0 Å². The molecule has 1 aromatic heterocycles. The molecule has 0 aliphatic carbocycles. The second kappa shape index (κ2) is 11.2. The van der Waals surface area contributed by atoms with Crippen LogP contribution >= 0.6 is 35.3 Å². The predicted molar refractivity (Wildman–Crippen MR) is 119 cm³/mol. The normalized spacial score (nSPS) is 19.0. The summed E-state index contributed by atoms with van der Waals surface area (Å²) in [6.07, 6.45) is 2.74. The Balaban J connectivity index is 0.00000261. The van der Waals surface area contributed by atoms with Gasteiger partial charge < -0.3 is 19.9 Å². The number of aliphatic imine (C=N–C) groups is 1. The highest BCUT2D eigenvalue weighted by atomic mass is 127. The molecule has 9 heteroatoms. The third-order valence-electron chi connectivity index (χ3n) is 5.01. The first-order chi connectivity index (χ1) is 12.7. The summed E-state index contributed by atoms with van der Waals surface area (Å²) < 4.78 is 5.34. The van der Waals surface area contributed by atoms with Gasteiger partial charge in [-0.05, 0) is 19.3 Å². The van der Waals surface area contributed by atoms with E-state index in [9.17, 15) is 4.79 Å². The molecule has 1 amide bonds. The van der Waals surface area contributed by atoms with E-state index in [0.717, 1.165) is 57.1 Å². The van der Waals surface area contributed by atoms with Crippen molar-refractivity contribution in [1.82, 2.24) is 20.1 Å². The van der Waals surface area contributed by atoms with Crippen LogP contribution < -0.4 is 5.32 Å². The molecule has 0 bridgehead atoms. The quantitative estimate of drug-likeness (QED) is 0.384. The second-order valence-corrected chi connectivity index (χ2v) is 7.63. The van der Waals surface area contributed by atoms with Gasteiger partial charge in [-0.15, -0.1) is 35.3 Å². The van der Waals surface area contributed by atoms with Crippen LogP contribution in [0.15, 0.2) is 10.4 Å². The number of rotatable bonds is 4. The highest BCUT2D eigenvalue weighted by Crippen LogP contribution is 2.20. The molecule has 0 unspecified atom stereocenters. The molecule has 0 aromatic carbocycles. The van der Waals surface area contributed by atoms with Gasteiger partial charge in [0, 0.05) is 44.5 Å². The fraction of sp³-hybridized carbons (Fsp3) is 0.722. The molecule has 2 fully saturated rings. The average molecular weight is 507 g/mol. The number of likely N-dealkylation sites (tertiary alicyclic amines) is 1. The van der Waals surface area contributed by atoms with Crippen molar-refractivity contribution in [2.24, 2.45) is 10.9 Å². The van der Waals surface area contributed by atoms with E-state index in [4.69, 9.17) is 4.74 Å². The summed E-state index contributed by atoms with van der Waals surface area (Å²) in [5, 5.41) is 6.68. The summed E-state index contributed by atoms with van der Waals surface area (Å²) in [4.78, 5) is 25.8. The number of carbonyl (C=O) groups excluding carboxylic acids is 1. The molecule has 1 N–H and O–H groups in total. The number of nitrogens with zero attached hydrogens (tertiary/aromatic N) is 4. The van der Waals surface area contributed by atoms with Gasteiger partial charge in [0.1, 0.15) is 0 Å². The van der Waals surface area contributed by atoms with Crippen LogP contribution in [-0.2, 0) is 22.5 Å². The van der Waals surface area contributed by atoms with E-state index >= 15 is 0 Å². The topological polar surface area (TPSA) is 70.1 Å². The van der Waals surface area contributed by atoms with E-state index in [1.807, 2.05) is 11.9 Å². The Bertz CT molecular complexity index is 625. The van der Waals surface area contributed by atoms with Gasteiger partial charge in [0.05, 0.1) is 30.5 Å². The van der Waals surface area contributed by atoms with Crippen LogP contribution in [0.5, 0.6) is 0 Å². The summed E-state index contributed by atoms with van der Waals surface area (Å²) in [5.41, 5.74) is 1.06. The maximum Gasteiger partial charge on any atom is 0.225 e. The summed E-state index contributed by atoms with van der Waals surface area (Å²) in [6.45, 7) is 7.32. The number of guanidine groups is 1. The average Bonchev–Trinajstić information content (AvgIpc) is 3.17. The maximum atomic E-state index is 12.6. The number of aryl methyl sites for hydroxylation is 1. The number of halogens is 1. The molecule has 0 spiro atoms. The van der Waals surface area contributed by atoms with E-state index in [-0.39, 0.29) is 29.9 Å². The minimum atomic E-state index is 0. The molecule has 0 radical (unpaired) electrons. The molecule has 1 aromatic rings. The molecule has 3 heterocycles. The zero-order chi connectivity index (χ0) is 18.4. The van der Waals surface area contributed by atoms with E-state index in [1.165, 1.54) is 5.01 Å². The maximum absolute atomic E-state index is 12.6. The van der Waals surface area contributed by atoms with Crippen molar-refractivity contribution < 1.29 is 9.53 Å². The van der Waals surface area contributed by atoms with Gasteiger partial charge in [-0.3, -0.25) is 9.79 Å². The van der Waals surface area contributed by atoms with Gasteiger partial charge in [-0.2, -0.15) is 0 Å². The number of nitrogens with one attached hydrogen (secondary N) is 1. The first-order valence-corrected chi connectivity index (χ1v) is 10.3. The number of morpholine rings is 1. The Labute approximate surface area is 182 Å². The van der Waals surface area contributed by atoms with Crippen molar-refractivity contribution in [3.8, 4) is 0 Å². The minimum Gasteiger partial charge on any atom is -0.378 e. The van der Waals surface area contributed by atoms with E-state index < -0.39 is 0 Å². The lowest BCUT2D eigenvalue weighted by Gasteiger charge is -2.36. The zero-order valence-corrected chi connectivity index (χ0v) is 19.3. The number of hydrogen-bond acceptors (Lipinski definition) is 5. The van der Waals surface area contributed by atoms with Crippen molar-refractivity contribution in [1.29, 1.82) is 0 Å². The summed E-state index contributed by atoms with van der Waals surface area (Å²) in [5.74, 6) is 1.33. The molecule has 2 saturated heterocycles. The lowest BCUT2D eigenvalue weighted by Crippen LogP contribution is -2.49. The van der Waals surface area contributed by atoms with Crippen LogP contribution in [-0.4, -0.2) is 73.1 Å². The van der Waals surface area contributed by atoms with E-state index in [2.05, 4.69) is 32.5 Å². The third-order valence-corrected chi connectivity index (χ3v) is 6.05. The monoisotopic (exact) mass is 507 g/mol. The van der Waals surface area contributed by atoms with Crippen LogP contribution in [0.4, 0.5) is 0 Å². The number of thiazole rings is 1. The Morgan fingerprint density at radius 2 is 2.00 bits per heavy atom. The molecule has 2 aliphatic heterocycles.